The molecular weight excluding hydrogens is 246 g/mol. The first-order valence-corrected chi connectivity index (χ1v) is 6.49. The summed E-state index contributed by atoms with van der Waals surface area (Å²) in [6.07, 6.45) is 2.61. The van der Waals surface area contributed by atoms with Gasteiger partial charge in [0, 0.05) is 24.7 Å². The Morgan fingerprint density at radius 3 is 2.95 bits per heavy atom. The lowest BCUT2D eigenvalue weighted by Crippen LogP contribution is -2.37. The summed E-state index contributed by atoms with van der Waals surface area (Å²) < 4.78 is 16.9. The number of fused-ring (bicyclic) bond motifs is 1. The SMILES string of the molecule is COc1ccc2c(c1)O[C@@H]([C@H]1CCCO1)C/C2=N/O. The third-order valence-electron chi connectivity index (χ3n) is 3.67. The largest absolute Gasteiger partial charge is 0.497 e. The number of rotatable bonds is 2. The van der Waals surface area contributed by atoms with Crippen molar-refractivity contribution in [2.24, 2.45) is 5.16 Å². The first-order valence-electron chi connectivity index (χ1n) is 6.49. The van der Waals surface area contributed by atoms with E-state index in [-0.39, 0.29) is 12.2 Å². The Balaban J connectivity index is 1.92. The summed E-state index contributed by atoms with van der Waals surface area (Å²) in [5.74, 6) is 1.42. The normalized spacial score (nSPS) is 27.9. The maximum Gasteiger partial charge on any atom is 0.132 e. The Morgan fingerprint density at radius 1 is 1.37 bits per heavy atom. The van der Waals surface area contributed by atoms with Crippen molar-refractivity contribution < 1.29 is 19.4 Å². The summed E-state index contributed by atoms with van der Waals surface area (Å²) in [5.41, 5.74) is 1.46. The van der Waals surface area contributed by atoms with E-state index in [1.165, 1.54) is 0 Å². The van der Waals surface area contributed by atoms with Gasteiger partial charge in [-0.2, -0.15) is 0 Å². The first kappa shape index (κ1) is 12.3. The van der Waals surface area contributed by atoms with Gasteiger partial charge in [0.25, 0.3) is 0 Å². The molecule has 1 fully saturated rings. The number of benzene rings is 1. The van der Waals surface area contributed by atoms with Crippen LogP contribution in [0.3, 0.4) is 0 Å². The summed E-state index contributed by atoms with van der Waals surface area (Å²) in [5, 5.41) is 12.6. The molecule has 2 heterocycles. The van der Waals surface area contributed by atoms with Crippen LogP contribution >= 0.6 is 0 Å². The molecule has 3 rings (SSSR count). The molecule has 1 N–H and O–H groups in total. The minimum atomic E-state index is -0.0898. The third kappa shape index (κ3) is 2.26. The van der Waals surface area contributed by atoms with Crippen LogP contribution in [0.2, 0.25) is 0 Å². The van der Waals surface area contributed by atoms with Crippen LogP contribution in [0.4, 0.5) is 0 Å². The lowest BCUT2D eigenvalue weighted by atomic mass is 9.96. The standard InChI is InChI=1S/C14H17NO4/c1-17-9-4-5-10-11(15-16)8-14(19-13(10)7-9)12-3-2-6-18-12/h4-5,7,12,14,16H,2-3,6,8H2,1H3/b15-11-/t12-,14-/m1/s1. The number of methoxy groups -OCH3 is 1. The second kappa shape index (κ2) is 5.09. The Morgan fingerprint density at radius 2 is 2.26 bits per heavy atom. The lowest BCUT2D eigenvalue weighted by Gasteiger charge is -2.30. The van der Waals surface area contributed by atoms with Gasteiger partial charge in [-0.05, 0) is 25.0 Å². The monoisotopic (exact) mass is 263 g/mol. The smallest absolute Gasteiger partial charge is 0.132 e. The molecule has 0 aliphatic carbocycles. The van der Waals surface area contributed by atoms with Crippen LogP contribution in [0.25, 0.3) is 0 Å². The average molecular weight is 263 g/mol. The van der Waals surface area contributed by atoms with Gasteiger partial charge in [-0.1, -0.05) is 5.16 Å². The molecule has 0 bridgehead atoms. The molecule has 0 spiro atoms. The quantitative estimate of drug-likeness (QED) is 0.656. The minimum Gasteiger partial charge on any atom is -0.497 e. The van der Waals surface area contributed by atoms with Crippen molar-refractivity contribution in [2.75, 3.05) is 13.7 Å². The first-order chi connectivity index (χ1) is 9.31. The van der Waals surface area contributed by atoms with Crippen molar-refractivity contribution in [1.82, 2.24) is 0 Å². The van der Waals surface area contributed by atoms with Crippen LogP contribution in [0.15, 0.2) is 23.4 Å². The third-order valence-corrected chi connectivity index (χ3v) is 3.67. The number of oxime groups is 1. The van der Waals surface area contributed by atoms with Crippen LogP contribution < -0.4 is 9.47 Å². The van der Waals surface area contributed by atoms with Crippen molar-refractivity contribution in [2.45, 2.75) is 31.5 Å². The summed E-state index contributed by atoms with van der Waals surface area (Å²) in [6, 6.07) is 5.51. The number of nitrogens with zero attached hydrogens (tertiary/aromatic N) is 1. The highest BCUT2D eigenvalue weighted by molar-refractivity contribution is 6.03. The van der Waals surface area contributed by atoms with Crippen molar-refractivity contribution in [3.8, 4) is 11.5 Å². The van der Waals surface area contributed by atoms with E-state index < -0.39 is 0 Å². The van der Waals surface area contributed by atoms with E-state index in [1.807, 2.05) is 18.2 Å². The molecule has 5 nitrogen and oxygen atoms in total. The van der Waals surface area contributed by atoms with Crippen molar-refractivity contribution >= 4 is 5.71 Å². The molecule has 0 amide bonds. The zero-order valence-corrected chi connectivity index (χ0v) is 10.8. The van der Waals surface area contributed by atoms with Crippen LogP contribution in [-0.2, 0) is 4.74 Å². The topological polar surface area (TPSA) is 60.3 Å². The Bertz CT molecular complexity index is 494. The molecule has 1 aromatic rings. The molecule has 0 aromatic heterocycles. The zero-order chi connectivity index (χ0) is 13.2. The van der Waals surface area contributed by atoms with E-state index in [0.29, 0.717) is 17.9 Å². The Hall–Kier alpha value is -1.75. The molecule has 1 saturated heterocycles. The fourth-order valence-electron chi connectivity index (χ4n) is 2.67. The predicted octanol–water partition coefficient (Wildman–Crippen LogP) is 2.20. The van der Waals surface area contributed by atoms with Crippen molar-refractivity contribution in [1.29, 1.82) is 0 Å². The Kier molecular flexibility index (Phi) is 3.29. The highest BCUT2D eigenvalue weighted by atomic mass is 16.5. The highest BCUT2D eigenvalue weighted by Gasteiger charge is 2.34. The van der Waals surface area contributed by atoms with E-state index in [0.717, 1.165) is 30.8 Å². The van der Waals surface area contributed by atoms with Crippen LogP contribution in [0, 0.1) is 0 Å². The summed E-state index contributed by atoms with van der Waals surface area (Å²) >= 11 is 0. The molecule has 1 aromatic carbocycles. The average Bonchev–Trinajstić information content (AvgIpc) is 2.99. The number of hydrogen-bond acceptors (Lipinski definition) is 5. The van der Waals surface area contributed by atoms with Crippen LogP contribution in [0.1, 0.15) is 24.8 Å². The van der Waals surface area contributed by atoms with Gasteiger partial charge < -0.3 is 19.4 Å². The van der Waals surface area contributed by atoms with Gasteiger partial charge in [-0.25, -0.2) is 0 Å². The van der Waals surface area contributed by atoms with Gasteiger partial charge in [-0.15, -0.1) is 0 Å². The van der Waals surface area contributed by atoms with Gasteiger partial charge >= 0.3 is 0 Å². The van der Waals surface area contributed by atoms with Crippen molar-refractivity contribution in [3.05, 3.63) is 23.8 Å². The number of ether oxygens (including phenoxy) is 3. The Labute approximate surface area is 111 Å². The lowest BCUT2D eigenvalue weighted by molar-refractivity contribution is 0.0131. The molecule has 5 heteroatoms. The molecule has 19 heavy (non-hydrogen) atoms. The van der Waals surface area contributed by atoms with Gasteiger partial charge in [-0.3, -0.25) is 0 Å². The van der Waals surface area contributed by atoms with E-state index >= 15 is 0 Å². The van der Waals surface area contributed by atoms with E-state index in [9.17, 15) is 5.21 Å². The van der Waals surface area contributed by atoms with E-state index in [2.05, 4.69) is 5.16 Å². The summed E-state index contributed by atoms with van der Waals surface area (Å²) in [7, 11) is 1.61. The van der Waals surface area contributed by atoms with Gasteiger partial charge in [0.2, 0.25) is 0 Å². The highest BCUT2D eigenvalue weighted by Crippen LogP contribution is 2.34. The summed E-state index contributed by atoms with van der Waals surface area (Å²) in [4.78, 5) is 0. The van der Waals surface area contributed by atoms with E-state index in [1.54, 1.807) is 7.11 Å². The molecule has 102 valence electrons. The maximum atomic E-state index is 9.19. The molecule has 2 aliphatic heterocycles. The molecule has 2 atom stereocenters. The minimum absolute atomic E-state index is 0.0797. The fraction of sp³-hybridized carbons (Fsp3) is 0.500. The van der Waals surface area contributed by atoms with Gasteiger partial charge in [0.05, 0.1) is 18.9 Å². The van der Waals surface area contributed by atoms with Crippen LogP contribution in [-0.4, -0.2) is 36.8 Å². The zero-order valence-electron chi connectivity index (χ0n) is 10.8. The molecule has 0 unspecified atom stereocenters. The molecule has 2 aliphatic rings. The maximum absolute atomic E-state index is 9.19. The molecule has 0 radical (unpaired) electrons. The molecule has 0 saturated carbocycles. The molecular formula is C14H17NO4. The number of hydrogen-bond donors (Lipinski definition) is 1. The van der Waals surface area contributed by atoms with Crippen molar-refractivity contribution in [3.63, 3.8) is 0 Å². The van der Waals surface area contributed by atoms with Gasteiger partial charge in [0.1, 0.15) is 17.6 Å². The fourth-order valence-corrected chi connectivity index (χ4v) is 2.67. The summed E-state index contributed by atoms with van der Waals surface area (Å²) in [6.45, 7) is 0.779. The second-order valence-corrected chi connectivity index (χ2v) is 4.82. The van der Waals surface area contributed by atoms with Gasteiger partial charge in [0.15, 0.2) is 0 Å². The van der Waals surface area contributed by atoms with E-state index in [4.69, 9.17) is 14.2 Å². The predicted molar refractivity (Wildman–Crippen MR) is 69.3 cm³/mol. The second-order valence-electron chi connectivity index (χ2n) is 4.82. The van der Waals surface area contributed by atoms with Crippen LogP contribution in [0.5, 0.6) is 11.5 Å².